The topological polar surface area (TPSA) is 105 Å². The van der Waals surface area contributed by atoms with E-state index in [2.05, 4.69) is 10.6 Å². The molecule has 2 aliphatic rings. The molecule has 1 aromatic carbocycles. The molecule has 1 saturated heterocycles. The molecule has 2 amide bonds. The normalized spacial score (nSPS) is 18.6. The van der Waals surface area contributed by atoms with Crippen LogP contribution in [-0.4, -0.2) is 51.3 Å². The van der Waals surface area contributed by atoms with Crippen LogP contribution in [0.15, 0.2) is 23.1 Å². The lowest BCUT2D eigenvalue weighted by Gasteiger charge is -2.26. The first-order valence-corrected chi connectivity index (χ1v) is 12.1. The van der Waals surface area contributed by atoms with Gasteiger partial charge in [-0.25, -0.2) is 8.42 Å². The Morgan fingerprint density at radius 3 is 2.40 bits per heavy atom. The average Bonchev–Trinajstić information content (AvgIpc) is 2.78. The van der Waals surface area contributed by atoms with E-state index < -0.39 is 15.9 Å². The Hall–Kier alpha value is -2.13. The van der Waals surface area contributed by atoms with Crippen molar-refractivity contribution in [1.82, 2.24) is 9.62 Å². The van der Waals surface area contributed by atoms with Gasteiger partial charge in [-0.1, -0.05) is 25.7 Å². The van der Waals surface area contributed by atoms with Gasteiger partial charge in [-0.3, -0.25) is 9.59 Å². The number of anilines is 1. The zero-order valence-electron chi connectivity index (χ0n) is 17.5. The molecule has 2 N–H and O–H groups in total. The number of benzene rings is 1. The third-order valence-corrected chi connectivity index (χ3v) is 7.70. The molecule has 0 unspecified atom stereocenters. The molecule has 9 heteroatoms. The van der Waals surface area contributed by atoms with Gasteiger partial charge in [0.25, 0.3) is 0 Å². The molecule has 1 aliphatic heterocycles. The first kappa shape index (κ1) is 22.6. The molecule has 8 nitrogen and oxygen atoms in total. The Morgan fingerprint density at radius 2 is 1.73 bits per heavy atom. The molecule has 0 bridgehead atoms. The predicted molar refractivity (Wildman–Crippen MR) is 114 cm³/mol. The summed E-state index contributed by atoms with van der Waals surface area (Å²) in [5.74, 6) is -0.267. The number of nitrogens with one attached hydrogen (secondary N) is 2. The predicted octanol–water partition coefficient (Wildman–Crippen LogP) is 2.50. The summed E-state index contributed by atoms with van der Waals surface area (Å²) in [6.07, 6.45) is 7.66. The maximum absolute atomic E-state index is 13.1. The average molecular weight is 438 g/mol. The van der Waals surface area contributed by atoms with Gasteiger partial charge in [-0.05, 0) is 43.9 Å². The van der Waals surface area contributed by atoms with Crippen molar-refractivity contribution in [1.29, 1.82) is 0 Å². The lowest BCUT2D eigenvalue weighted by atomic mass is 9.89. The highest BCUT2D eigenvalue weighted by molar-refractivity contribution is 7.89. The Morgan fingerprint density at radius 1 is 1.07 bits per heavy atom. The van der Waals surface area contributed by atoms with Crippen molar-refractivity contribution in [2.45, 2.75) is 56.3 Å². The number of amides is 2. The number of carbonyl (C=O) groups is 2. The van der Waals surface area contributed by atoms with Crippen LogP contribution in [0.3, 0.4) is 0 Å². The van der Waals surface area contributed by atoms with E-state index in [9.17, 15) is 18.0 Å². The quantitative estimate of drug-likeness (QED) is 0.682. The molecule has 0 spiro atoms. The van der Waals surface area contributed by atoms with Crippen LogP contribution in [0.5, 0.6) is 5.75 Å². The summed E-state index contributed by atoms with van der Waals surface area (Å²) in [6.45, 7) is 0.820. The molecular weight excluding hydrogens is 406 g/mol. The van der Waals surface area contributed by atoms with Crippen LogP contribution in [0.4, 0.5) is 5.69 Å². The van der Waals surface area contributed by atoms with Crippen molar-refractivity contribution < 1.29 is 22.7 Å². The van der Waals surface area contributed by atoms with E-state index in [0.717, 1.165) is 51.4 Å². The van der Waals surface area contributed by atoms with Crippen molar-refractivity contribution in [2.24, 2.45) is 5.92 Å². The van der Waals surface area contributed by atoms with Gasteiger partial charge < -0.3 is 15.4 Å². The number of hydrogen-bond acceptors (Lipinski definition) is 5. The molecule has 166 valence electrons. The summed E-state index contributed by atoms with van der Waals surface area (Å²) in [5, 5.41) is 5.36. The highest BCUT2D eigenvalue weighted by Crippen LogP contribution is 2.31. The number of sulfonamides is 1. The Labute approximate surface area is 178 Å². The largest absolute Gasteiger partial charge is 0.495 e. The molecule has 1 aliphatic carbocycles. The SMILES string of the molecule is COc1ccc(NC(=O)CNC(=O)C2CCCCC2)cc1S(=O)(=O)N1CCCCC1. The van der Waals surface area contributed by atoms with E-state index in [4.69, 9.17) is 4.74 Å². The molecule has 1 saturated carbocycles. The molecule has 3 rings (SSSR count). The summed E-state index contributed by atoms with van der Waals surface area (Å²) >= 11 is 0. The fourth-order valence-corrected chi connectivity index (χ4v) is 5.78. The number of methoxy groups -OCH3 is 1. The summed E-state index contributed by atoms with van der Waals surface area (Å²) in [7, 11) is -2.30. The third kappa shape index (κ3) is 5.51. The lowest BCUT2D eigenvalue weighted by Crippen LogP contribution is -2.37. The maximum atomic E-state index is 13.1. The highest BCUT2D eigenvalue weighted by atomic mass is 32.2. The van der Waals surface area contributed by atoms with Gasteiger partial charge in [0.15, 0.2) is 0 Å². The number of carbonyl (C=O) groups excluding carboxylic acids is 2. The maximum Gasteiger partial charge on any atom is 0.246 e. The molecule has 0 atom stereocenters. The van der Waals surface area contributed by atoms with Crippen LogP contribution < -0.4 is 15.4 Å². The minimum absolute atomic E-state index is 0.0196. The summed E-state index contributed by atoms with van der Waals surface area (Å²) in [4.78, 5) is 24.5. The smallest absolute Gasteiger partial charge is 0.246 e. The fraction of sp³-hybridized carbons (Fsp3) is 0.619. The number of piperidine rings is 1. The van der Waals surface area contributed by atoms with Crippen molar-refractivity contribution >= 4 is 27.5 Å². The number of rotatable bonds is 7. The van der Waals surface area contributed by atoms with Crippen molar-refractivity contribution in [3.63, 3.8) is 0 Å². The minimum atomic E-state index is -3.72. The van der Waals surface area contributed by atoms with Crippen LogP contribution in [0, 0.1) is 5.92 Å². The lowest BCUT2D eigenvalue weighted by molar-refractivity contribution is -0.128. The van der Waals surface area contributed by atoms with Crippen molar-refractivity contribution in [2.75, 3.05) is 32.1 Å². The van der Waals surface area contributed by atoms with E-state index in [1.165, 1.54) is 23.5 Å². The first-order chi connectivity index (χ1) is 14.4. The Balaban J connectivity index is 1.65. The van der Waals surface area contributed by atoms with Gasteiger partial charge >= 0.3 is 0 Å². The van der Waals surface area contributed by atoms with Gasteiger partial charge in [-0.15, -0.1) is 0 Å². The number of nitrogens with zero attached hydrogens (tertiary/aromatic N) is 1. The summed E-state index contributed by atoms with van der Waals surface area (Å²) in [5.41, 5.74) is 0.350. The second-order valence-electron chi connectivity index (χ2n) is 7.93. The number of hydrogen-bond donors (Lipinski definition) is 2. The Bertz CT molecular complexity index is 859. The van der Waals surface area contributed by atoms with Crippen LogP contribution >= 0.6 is 0 Å². The molecular formula is C21H31N3O5S. The van der Waals surface area contributed by atoms with E-state index in [1.807, 2.05) is 0 Å². The third-order valence-electron chi connectivity index (χ3n) is 5.78. The van der Waals surface area contributed by atoms with Crippen LogP contribution in [0.1, 0.15) is 51.4 Å². The molecule has 30 heavy (non-hydrogen) atoms. The van der Waals surface area contributed by atoms with E-state index in [1.54, 1.807) is 6.07 Å². The highest BCUT2D eigenvalue weighted by Gasteiger charge is 2.29. The summed E-state index contributed by atoms with van der Waals surface area (Å²) < 4.78 is 32.9. The standard InChI is InChI=1S/C21H31N3O5S/c1-29-18-11-10-17(14-19(18)30(27,28)24-12-6-3-7-13-24)23-20(25)15-22-21(26)16-8-4-2-5-9-16/h10-11,14,16H,2-9,12-13,15H2,1H3,(H,22,26)(H,23,25). The zero-order valence-corrected chi connectivity index (χ0v) is 18.3. The minimum Gasteiger partial charge on any atom is -0.495 e. The number of ether oxygens (including phenoxy) is 1. The van der Waals surface area contributed by atoms with Gasteiger partial charge in [-0.2, -0.15) is 4.31 Å². The molecule has 0 radical (unpaired) electrons. The van der Waals surface area contributed by atoms with E-state index in [0.29, 0.717) is 18.8 Å². The zero-order chi connectivity index (χ0) is 21.6. The van der Waals surface area contributed by atoms with Gasteiger partial charge in [0.2, 0.25) is 21.8 Å². The second-order valence-corrected chi connectivity index (χ2v) is 9.84. The van der Waals surface area contributed by atoms with Gasteiger partial charge in [0.1, 0.15) is 10.6 Å². The van der Waals surface area contributed by atoms with Crippen molar-refractivity contribution in [3.8, 4) is 5.75 Å². The monoisotopic (exact) mass is 437 g/mol. The molecule has 1 heterocycles. The van der Waals surface area contributed by atoms with Crippen LogP contribution in [-0.2, 0) is 19.6 Å². The van der Waals surface area contributed by atoms with Gasteiger partial charge in [0.05, 0.1) is 13.7 Å². The van der Waals surface area contributed by atoms with Crippen molar-refractivity contribution in [3.05, 3.63) is 18.2 Å². The van der Waals surface area contributed by atoms with Gasteiger partial charge in [0, 0.05) is 24.7 Å². The molecule has 1 aromatic rings. The van der Waals surface area contributed by atoms with Crippen LogP contribution in [0.25, 0.3) is 0 Å². The van der Waals surface area contributed by atoms with E-state index >= 15 is 0 Å². The van der Waals surface area contributed by atoms with E-state index in [-0.39, 0.29) is 29.0 Å². The first-order valence-electron chi connectivity index (χ1n) is 10.7. The molecule has 2 fully saturated rings. The summed E-state index contributed by atoms with van der Waals surface area (Å²) in [6, 6.07) is 4.55. The molecule has 0 aromatic heterocycles. The second kappa shape index (κ2) is 10.3. The van der Waals surface area contributed by atoms with Crippen LogP contribution in [0.2, 0.25) is 0 Å². The Kier molecular flexibility index (Phi) is 7.71. The fourth-order valence-electron chi connectivity index (χ4n) is 4.08.